The van der Waals surface area contributed by atoms with Crippen LogP contribution in [-0.4, -0.2) is 24.6 Å². The van der Waals surface area contributed by atoms with Gasteiger partial charge >= 0.3 is 0 Å². The lowest BCUT2D eigenvalue weighted by Crippen LogP contribution is -2.18. The van der Waals surface area contributed by atoms with Crippen LogP contribution in [0.25, 0.3) is 0 Å². The van der Waals surface area contributed by atoms with E-state index in [9.17, 15) is 4.79 Å². The molecule has 0 saturated heterocycles. The molecule has 0 saturated carbocycles. The molecule has 0 aromatic carbocycles. The van der Waals surface area contributed by atoms with Gasteiger partial charge in [-0.25, -0.2) is 4.98 Å². The number of hydrogen-bond acceptors (Lipinski definition) is 4. The van der Waals surface area contributed by atoms with Crippen molar-refractivity contribution in [2.24, 2.45) is 5.73 Å². The molecular weight excluding hydrogens is 182 g/mol. The second-order valence-electron chi connectivity index (χ2n) is 2.70. The number of nitrogens with zero attached hydrogens (tertiary/aromatic N) is 1. The topological polar surface area (TPSA) is 77.2 Å². The fraction of sp³-hybridized carbons (Fsp3) is 0.333. The zero-order chi connectivity index (χ0) is 10.4. The Hall–Kier alpha value is -1.46. The van der Waals surface area contributed by atoms with Crippen molar-refractivity contribution in [2.75, 3.05) is 19.0 Å². The van der Waals surface area contributed by atoms with Gasteiger partial charge in [0.25, 0.3) is 5.91 Å². The smallest absolute Gasteiger partial charge is 0.251 e. The van der Waals surface area contributed by atoms with E-state index in [0.717, 1.165) is 5.69 Å². The quantitative estimate of drug-likeness (QED) is 0.715. The Morgan fingerprint density at radius 1 is 1.64 bits per heavy atom. The highest BCUT2D eigenvalue weighted by Gasteiger charge is 2.02. The summed E-state index contributed by atoms with van der Waals surface area (Å²) in [7, 11) is 1.46. The second-order valence-corrected chi connectivity index (χ2v) is 2.70. The van der Waals surface area contributed by atoms with Crippen LogP contribution >= 0.6 is 0 Å². The third kappa shape index (κ3) is 3.12. The van der Waals surface area contributed by atoms with Crippen LogP contribution in [0.1, 0.15) is 5.69 Å². The van der Waals surface area contributed by atoms with E-state index in [0.29, 0.717) is 12.4 Å². The highest BCUT2D eigenvalue weighted by atomic mass is 16.5. The van der Waals surface area contributed by atoms with Gasteiger partial charge in [0.1, 0.15) is 12.4 Å². The minimum absolute atomic E-state index is 0.0224. The molecule has 0 spiro atoms. The number of ether oxygens (including phenoxy) is 1. The molecule has 0 atom stereocenters. The van der Waals surface area contributed by atoms with Crippen LogP contribution < -0.4 is 11.1 Å². The number of hydrogen-bond donors (Lipinski definition) is 2. The monoisotopic (exact) mass is 195 g/mol. The molecule has 1 rings (SSSR count). The van der Waals surface area contributed by atoms with Gasteiger partial charge in [0.2, 0.25) is 0 Å². The lowest BCUT2D eigenvalue weighted by molar-refractivity contribution is -0.119. The van der Waals surface area contributed by atoms with Gasteiger partial charge in [-0.05, 0) is 12.1 Å². The Kier molecular flexibility index (Phi) is 4.03. The van der Waals surface area contributed by atoms with Crippen LogP contribution in [0.5, 0.6) is 0 Å². The third-order valence-corrected chi connectivity index (χ3v) is 1.56. The molecule has 5 nitrogen and oxygen atoms in total. The molecule has 0 aliphatic carbocycles. The van der Waals surface area contributed by atoms with Crippen LogP contribution in [0.4, 0.5) is 5.82 Å². The minimum atomic E-state index is -0.228. The number of carbonyl (C=O) groups excluding carboxylic acids is 1. The van der Waals surface area contributed by atoms with Gasteiger partial charge in [0.15, 0.2) is 0 Å². The van der Waals surface area contributed by atoms with Crippen molar-refractivity contribution in [3.8, 4) is 0 Å². The van der Waals surface area contributed by atoms with Gasteiger partial charge in [-0.3, -0.25) is 4.79 Å². The summed E-state index contributed by atoms with van der Waals surface area (Å²) in [5.74, 6) is 0.268. The predicted octanol–water partition coefficient (Wildman–Crippen LogP) is 0.125. The molecule has 0 fully saturated rings. The van der Waals surface area contributed by atoms with Crippen molar-refractivity contribution in [1.82, 2.24) is 4.98 Å². The molecule has 1 amide bonds. The Bertz CT molecular complexity index is 315. The number of nitrogens with one attached hydrogen (secondary N) is 1. The molecule has 0 aliphatic heterocycles. The molecule has 1 aromatic heterocycles. The van der Waals surface area contributed by atoms with Crippen molar-refractivity contribution < 1.29 is 9.53 Å². The van der Waals surface area contributed by atoms with Crippen molar-refractivity contribution in [3.63, 3.8) is 0 Å². The number of methoxy groups -OCH3 is 1. The maximum absolute atomic E-state index is 11.1. The van der Waals surface area contributed by atoms with Gasteiger partial charge in [-0.1, -0.05) is 6.07 Å². The molecule has 1 heterocycles. The number of rotatable bonds is 4. The molecule has 0 radical (unpaired) electrons. The molecule has 3 N–H and O–H groups in total. The summed E-state index contributed by atoms with van der Waals surface area (Å²) in [6.07, 6.45) is 0. The summed E-state index contributed by atoms with van der Waals surface area (Å²) >= 11 is 0. The maximum atomic E-state index is 11.1. The van der Waals surface area contributed by atoms with Crippen LogP contribution in [0.3, 0.4) is 0 Å². The minimum Gasteiger partial charge on any atom is -0.375 e. The van der Waals surface area contributed by atoms with Crippen LogP contribution in [0, 0.1) is 0 Å². The van der Waals surface area contributed by atoms with Gasteiger partial charge in [-0.2, -0.15) is 0 Å². The number of amides is 1. The highest BCUT2D eigenvalue weighted by molar-refractivity contribution is 5.90. The number of aromatic nitrogens is 1. The summed E-state index contributed by atoms with van der Waals surface area (Å²) in [5, 5.41) is 2.59. The van der Waals surface area contributed by atoms with Crippen LogP contribution in [0.2, 0.25) is 0 Å². The maximum Gasteiger partial charge on any atom is 0.251 e. The van der Waals surface area contributed by atoms with Gasteiger partial charge in [0, 0.05) is 13.7 Å². The lowest BCUT2D eigenvalue weighted by atomic mass is 10.3. The first-order valence-corrected chi connectivity index (χ1v) is 4.21. The zero-order valence-corrected chi connectivity index (χ0v) is 7.99. The van der Waals surface area contributed by atoms with E-state index in [2.05, 4.69) is 15.0 Å². The predicted molar refractivity (Wildman–Crippen MR) is 52.6 cm³/mol. The number of nitrogens with two attached hydrogens (primary N) is 1. The van der Waals surface area contributed by atoms with Gasteiger partial charge in [-0.15, -0.1) is 0 Å². The van der Waals surface area contributed by atoms with Crippen molar-refractivity contribution in [2.45, 2.75) is 6.54 Å². The Morgan fingerprint density at radius 3 is 3.07 bits per heavy atom. The summed E-state index contributed by atoms with van der Waals surface area (Å²) in [6.45, 7) is 0.378. The van der Waals surface area contributed by atoms with Crippen LogP contribution in [-0.2, 0) is 16.1 Å². The van der Waals surface area contributed by atoms with Crippen LogP contribution in [0.15, 0.2) is 18.2 Å². The van der Waals surface area contributed by atoms with E-state index in [1.165, 1.54) is 7.11 Å². The van der Waals surface area contributed by atoms with E-state index in [4.69, 9.17) is 5.73 Å². The summed E-state index contributed by atoms with van der Waals surface area (Å²) < 4.78 is 4.67. The Labute approximate surface area is 82.3 Å². The molecule has 0 aliphatic rings. The van der Waals surface area contributed by atoms with E-state index >= 15 is 0 Å². The van der Waals surface area contributed by atoms with Crippen molar-refractivity contribution >= 4 is 11.7 Å². The summed E-state index contributed by atoms with van der Waals surface area (Å²) in [6, 6.07) is 5.29. The third-order valence-electron chi connectivity index (χ3n) is 1.56. The Balaban J connectivity index is 2.62. The fourth-order valence-corrected chi connectivity index (χ4v) is 0.973. The molecule has 1 aromatic rings. The second kappa shape index (κ2) is 5.31. The van der Waals surface area contributed by atoms with E-state index in [-0.39, 0.29) is 12.5 Å². The lowest BCUT2D eigenvalue weighted by Gasteiger charge is -2.04. The van der Waals surface area contributed by atoms with Crippen molar-refractivity contribution in [3.05, 3.63) is 23.9 Å². The largest absolute Gasteiger partial charge is 0.375 e. The van der Waals surface area contributed by atoms with E-state index in [1.54, 1.807) is 18.2 Å². The van der Waals surface area contributed by atoms with E-state index in [1.807, 2.05) is 0 Å². The molecule has 76 valence electrons. The van der Waals surface area contributed by atoms with Gasteiger partial charge < -0.3 is 15.8 Å². The molecule has 0 bridgehead atoms. The zero-order valence-electron chi connectivity index (χ0n) is 7.99. The molecule has 14 heavy (non-hydrogen) atoms. The standard InChI is InChI=1S/C9H13N3O2/c1-14-6-9(13)12-8-4-2-3-7(5-10)11-8/h2-4H,5-6,10H2,1H3,(H,11,12,13). The Morgan fingerprint density at radius 2 is 2.43 bits per heavy atom. The normalized spacial score (nSPS) is 9.86. The first kappa shape index (κ1) is 10.6. The first-order valence-electron chi connectivity index (χ1n) is 4.21. The fourth-order valence-electron chi connectivity index (χ4n) is 0.973. The highest BCUT2D eigenvalue weighted by Crippen LogP contribution is 2.03. The summed E-state index contributed by atoms with van der Waals surface area (Å²) in [4.78, 5) is 15.2. The molecular formula is C9H13N3O2. The number of anilines is 1. The summed E-state index contributed by atoms with van der Waals surface area (Å²) in [5.41, 5.74) is 6.14. The average Bonchev–Trinajstić information content (AvgIpc) is 2.18. The molecule has 0 unspecified atom stereocenters. The van der Waals surface area contributed by atoms with Crippen molar-refractivity contribution in [1.29, 1.82) is 0 Å². The number of pyridine rings is 1. The first-order chi connectivity index (χ1) is 6.76. The SMILES string of the molecule is COCC(=O)Nc1cccc(CN)n1. The van der Waals surface area contributed by atoms with Gasteiger partial charge in [0.05, 0.1) is 5.69 Å². The number of carbonyl (C=O) groups is 1. The molecule has 5 heteroatoms. The average molecular weight is 195 g/mol. The van der Waals surface area contributed by atoms with E-state index < -0.39 is 0 Å².